The molecule has 162 valence electrons. The Balaban J connectivity index is 1.45. The van der Waals surface area contributed by atoms with Crippen LogP contribution in [0.4, 0.5) is 26.2 Å². The van der Waals surface area contributed by atoms with Crippen molar-refractivity contribution in [1.29, 1.82) is 0 Å². The minimum Gasteiger partial charge on any atom is -0.354 e. The first kappa shape index (κ1) is 21.1. The quantitative estimate of drug-likeness (QED) is 0.644. The number of aryl methyl sites for hydroxylation is 1. The van der Waals surface area contributed by atoms with Crippen molar-refractivity contribution in [3.63, 3.8) is 0 Å². The number of piperazine rings is 1. The van der Waals surface area contributed by atoms with Crippen LogP contribution < -0.4 is 10.2 Å². The summed E-state index contributed by atoms with van der Waals surface area (Å²) in [7, 11) is -4.06. The molecule has 1 aromatic carbocycles. The first-order valence-corrected chi connectivity index (χ1v) is 11.0. The van der Waals surface area contributed by atoms with Gasteiger partial charge in [0, 0.05) is 44.5 Å². The Labute approximate surface area is 178 Å². The molecule has 11 heteroatoms. The minimum absolute atomic E-state index is 0.144. The molecule has 0 atom stereocenters. The van der Waals surface area contributed by atoms with Gasteiger partial charge >= 0.3 is 0 Å². The van der Waals surface area contributed by atoms with Gasteiger partial charge in [-0.15, -0.1) is 0 Å². The molecule has 0 amide bonds. The Kier molecular flexibility index (Phi) is 5.79. The van der Waals surface area contributed by atoms with Gasteiger partial charge in [0.25, 0.3) is 0 Å². The number of nitrogens with one attached hydrogen (secondary N) is 1. The van der Waals surface area contributed by atoms with E-state index in [2.05, 4.69) is 20.3 Å². The molecule has 1 fully saturated rings. The molecule has 0 bridgehead atoms. The lowest BCUT2D eigenvalue weighted by atomic mass is 10.3. The zero-order valence-corrected chi connectivity index (χ0v) is 17.5. The molecule has 8 nitrogen and oxygen atoms in total. The number of hydrogen-bond donors (Lipinski definition) is 1. The number of anilines is 3. The second kappa shape index (κ2) is 8.52. The van der Waals surface area contributed by atoms with E-state index in [1.54, 1.807) is 12.3 Å². The smallest absolute Gasteiger partial charge is 0.246 e. The first-order chi connectivity index (χ1) is 14.8. The van der Waals surface area contributed by atoms with E-state index in [0.29, 0.717) is 36.6 Å². The minimum atomic E-state index is -4.06. The second-order valence-electron chi connectivity index (χ2n) is 7.07. The standard InChI is InChI=1S/C20H20F2N6O2S/c1-14-4-5-23-18(10-14)26-19-12-20(25-13-24-19)27-6-8-28(9-7-27)31(29,30)17-3-2-15(21)11-16(17)22/h2-5,10-13H,6-9H2,1H3,(H,23,24,25,26). The van der Waals surface area contributed by atoms with Gasteiger partial charge < -0.3 is 10.2 Å². The predicted molar refractivity (Wildman–Crippen MR) is 112 cm³/mol. The summed E-state index contributed by atoms with van der Waals surface area (Å²) in [4.78, 5) is 14.1. The number of benzene rings is 1. The van der Waals surface area contributed by atoms with Crippen molar-refractivity contribution in [3.05, 3.63) is 66.1 Å². The SMILES string of the molecule is Cc1ccnc(Nc2cc(N3CCN(S(=O)(=O)c4ccc(F)cc4F)CC3)ncn2)c1. The van der Waals surface area contributed by atoms with E-state index in [4.69, 9.17) is 0 Å². The van der Waals surface area contributed by atoms with E-state index in [-0.39, 0.29) is 13.1 Å². The molecule has 1 aliphatic rings. The molecule has 4 rings (SSSR count). The lowest BCUT2D eigenvalue weighted by Crippen LogP contribution is -2.49. The summed E-state index contributed by atoms with van der Waals surface area (Å²) in [6.45, 7) is 2.97. The molecule has 1 N–H and O–H groups in total. The van der Waals surface area contributed by atoms with E-state index >= 15 is 0 Å². The molecular formula is C20H20F2N6O2S. The lowest BCUT2D eigenvalue weighted by Gasteiger charge is -2.34. The number of sulfonamides is 1. The van der Waals surface area contributed by atoms with Gasteiger partial charge in [0.15, 0.2) is 0 Å². The number of nitrogens with zero attached hydrogens (tertiary/aromatic N) is 5. The van der Waals surface area contributed by atoms with Crippen molar-refractivity contribution in [3.8, 4) is 0 Å². The largest absolute Gasteiger partial charge is 0.354 e. The summed E-state index contributed by atoms with van der Waals surface area (Å²) in [6.07, 6.45) is 3.12. The molecule has 2 aromatic heterocycles. The van der Waals surface area contributed by atoms with Crippen LogP contribution in [0.15, 0.2) is 53.8 Å². The third kappa shape index (κ3) is 4.62. The summed E-state index contributed by atoms with van der Waals surface area (Å²) in [5, 5.41) is 3.12. The van der Waals surface area contributed by atoms with Crippen LogP contribution in [0.5, 0.6) is 0 Å². The second-order valence-corrected chi connectivity index (χ2v) is 8.98. The monoisotopic (exact) mass is 446 g/mol. The molecule has 0 aliphatic carbocycles. The van der Waals surface area contributed by atoms with E-state index < -0.39 is 26.6 Å². The van der Waals surface area contributed by atoms with E-state index in [9.17, 15) is 17.2 Å². The van der Waals surface area contributed by atoms with Crippen LogP contribution in [-0.2, 0) is 10.0 Å². The molecule has 0 radical (unpaired) electrons. The third-order valence-corrected chi connectivity index (χ3v) is 6.83. The Bertz CT molecular complexity index is 1200. The maximum absolute atomic E-state index is 14.0. The van der Waals surface area contributed by atoms with Crippen molar-refractivity contribution in [1.82, 2.24) is 19.3 Å². The fraction of sp³-hybridized carbons (Fsp3) is 0.250. The normalized spacial score (nSPS) is 15.1. The summed E-state index contributed by atoms with van der Waals surface area (Å²) in [6, 6.07) is 8.00. The van der Waals surface area contributed by atoms with Gasteiger partial charge in [-0.2, -0.15) is 4.31 Å². The Morgan fingerprint density at radius 3 is 2.39 bits per heavy atom. The highest BCUT2D eigenvalue weighted by Crippen LogP contribution is 2.24. The van der Waals surface area contributed by atoms with E-state index in [1.807, 2.05) is 24.0 Å². The molecular weight excluding hydrogens is 426 g/mol. The van der Waals surface area contributed by atoms with Crippen molar-refractivity contribution >= 4 is 27.5 Å². The van der Waals surface area contributed by atoms with Crippen LogP contribution in [0.2, 0.25) is 0 Å². The summed E-state index contributed by atoms with van der Waals surface area (Å²) in [5.41, 5.74) is 1.06. The molecule has 1 saturated heterocycles. The lowest BCUT2D eigenvalue weighted by molar-refractivity contribution is 0.381. The van der Waals surface area contributed by atoms with Gasteiger partial charge in [-0.1, -0.05) is 0 Å². The summed E-state index contributed by atoms with van der Waals surface area (Å²) < 4.78 is 53.8. The van der Waals surface area contributed by atoms with Crippen molar-refractivity contribution < 1.29 is 17.2 Å². The van der Waals surface area contributed by atoms with E-state index in [1.165, 1.54) is 10.6 Å². The molecule has 0 saturated carbocycles. The number of aromatic nitrogens is 3. The van der Waals surface area contributed by atoms with Gasteiger partial charge in [-0.3, -0.25) is 0 Å². The fourth-order valence-corrected chi connectivity index (χ4v) is 4.77. The third-order valence-electron chi connectivity index (χ3n) is 4.90. The van der Waals surface area contributed by atoms with Gasteiger partial charge in [-0.25, -0.2) is 32.2 Å². The Morgan fingerprint density at radius 2 is 1.68 bits per heavy atom. The molecule has 0 unspecified atom stereocenters. The maximum atomic E-state index is 14.0. The highest BCUT2D eigenvalue weighted by molar-refractivity contribution is 7.89. The Morgan fingerprint density at radius 1 is 0.935 bits per heavy atom. The first-order valence-electron chi connectivity index (χ1n) is 9.55. The van der Waals surface area contributed by atoms with Gasteiger partial charge in [0.1, 0.15) is 40.3 Å². The number of rotatable bonds is 5. The van der Waals surface area contributed by atoms with Crippen molar-refractivity contribution in [2.75, 3.05) is 36.4 Å². The van der Waals surface area contributed by atoms with Crippen LogP contribution in [-0.4, -0.2) is 53.9 Å². The van der Waals surface area contributed by atoms with Crippen molar-refractivity contribution in [2.45, 2.75) is 11.8 Å². The maximum Gasteiger partial charge on any atom is 0.246 e. The molecule has 3 heterocycles. The zero-order valence-electron chi connectivity index (χ0n) is 16.7. The van der Waals surface area contributed by atoms with Crippen LogP contribution in [0.25, 0.3) is 0 Å². The number of halogens is 2. The van der Waals surface area contributed by atoms with Crippen LogP contribution in [0.3, 0.4) is 0 Å². The van der Waals surface area contributed by atoms with E-state index in [0.717, 1.165) is 17.7 Å². The fourth-order valence-electron chi connectivity index (χ4n) is 3.31. The average Bonchev–Trinajstić information content (AvgIpc) is 2.74. The molecule has 31 heavy (non-hydrogen) atoms. The summed E-state index contributed by atoms with van der Waals surface area (Å²) in [5.74, 6) is -0.0717. The highest BCUT2D eigenvalue weighted by Gasteiger charge is 2.31. The zero-order chi connectivity index (χ0) is 22.0. The number of pyridine rings is 1. The van der Waals surface area contributed by atoms with Gasteiger partial charge in [0.2, 0.25) is 10.0 Å². The van der Waals surface area contributed by atoms with Crippen LogP contribution in [0.1, 0.15) is 5.56 Å². The molecule has 0 spiro atoms. The molecule has 1 aliphatic heterocycles. The summed E-state index contributed by atoms with van der Waals surface area (Å²) >= 11 is 0. The Hall–Kier alpha value is -3.18. The van der Waals surface area contributed by atoms with Crippen LogP contribution in [0, 0.1) is 18.6 Å². The number of hydrogen-bond acceptors (Lipinski definition) is 7. The molecule has 3 aromatic rings. The topological polar surface area (TPSA) is 91.3 Å². The van der Waals surface area contributed by atoms with Crippen LogP contribution >= 0.6 is 0 Å². The average molecular weight is 446 g/mol. The van der Waals surface area contributed by atoms with Crippen molar-refractivity contribution in [2.24, 2.45) is 0 Å². The van der Waals surface area contributed by atoms with Gasteiger partial charge in [-0.05, 0) is 36.8 Å². The predicted octanol–water partition coefficient (Wildman–Crippen LogP) is 2.71. The highest BCUT2D eigenvalue weighted by atomic mass is 32.2. The van der Waals surface area contributed by atoms with Gasteiger partial charge in [0.05, 0.1) is 0 Å².